The summed E-state index contributed by atoms with van der Waals surface area (Å²) in [6, 6.07) is 9.88. The Kier molecular flexibility index (Phi) is 5.51. The molecule has 0 saturated carbocycles. The van der Waals surface area contributed by atoms with Crippen molar-refractivity contribution in [2.24, 2.45) is 0 Å². The predicted molar refractivity (Wildman–Crippen MR) is 91.1 cm³/mol. The third-order valence-electron chi connectivity index (χ3n) is 3.10. The molecule has 8 heteroatoms. The summed E-state index contributed by atoms with van der Waals surface area (Å²) in [7, 11) is 0.314. The monoisotopic (exact) mass is 335 g/mol. The van der Waals surface area contributed by atoms with Gasteiger partial charge in [0, 0.05) is 13.1 Å². The number of hydrogen-bond donors (Lipinski definition) is 2. The number of aromatic nitrogens is 2. The van der Waals surface area contributed by atoms with Crippen LogP contribution in [0.25, 0.3) is 0 Å². The molecule has 0 atom stereocenters. The van der Waals surface area contributed by atoms with E-state index in [-0.39, 0.29) is 10.7 Å². The lowest BCUT2D eigenvalue weighted by molar-refractivity contribution is 0.425. The first kappa shape index (κ1) is 17.2. The molecule has 0 saturated heterocycles. The summed E-state index contributed by atoms with van der Waals surface area (Å²) in [6.07, 6.45) is 0. The first-order chi connectivity index (χ1) is 10.9. The average molecular weight is 335 g/mol. The average Bonchev–Trinajstić information content (AvgIpc) is 2.49. The Morgan fingerprint density at radius 3 is 2.17 bits per heavy atom. The van der Waals surface area contributed by atoms with Gasteiger partial charge in [-0.05, 0) is 45.3 Å². The van der Waals surface area contributed by atoms with Crippen LogP contribution >= 0.6 is 0 Å². The molecule has 2 N–H and O–H groups in total. The molecule has 0 aliphatic carbocycles. The molecule has 23 heavy (non-hydrogen) atoms. The van der Waals surface area contributed by atoms with E-state index in [2.05, 4.69) is 20.2 Å². The van der Waals surface area contributed by atoms with Gasteiger partial charge >= 0.3 is 0 Å². The highest BCUT2D eigenvalue weighted by molar-refractivity contribution is 7.92. The van der Waals surface area contributed by atoms with E-state index in [1.165, 1.54) is 0 Å². The maximum absolute atomic E-state index is 12.2. The smallest absolute Gasteiger partial charge is 0.263 e. The molecule has 2 aromatic rings. The molecule has 124 valence electrons. The molecule has 0 unspecified atom stereocenters. The van der Waals surface area contributed by atoms with Crippen LogP contribution in [0.5, 0.6) is 0 Å². The van der Waals surface area contributed by atoms with Crippen LogP contribution in [0, 0.1) is 6.92 Å². The van der Waals surface area contributed by atoms with Crippen molar-refractivity contribution in [3.63, 3.8) is 0 Å². The van der Waals surface area contributed by atoms with Gasteiger partial charge in [0.2, 0.25) is 0 Å². The van der Waals surface area contributed by atoms with Gasteiger partial charge in [0.25, 0.3) is 10.0 Å². The van der Waals surface area contributed by atoms with Crippen LogP contribution in [0.1, 0.15) is 5.56 Å². The zero-order chi connectivity index (χ0) is 16.9. The maximum Gasteiger partial charge on any atom is 0.263 e. The third kappa shape index (κ3) is 5.19. The lowest BCUT2D eigenvalue weighted by Crippen LogP contribution is -2.21. The normalized spacial score (nSPS) is 11.5. The minimum Gasteiger partial charge on any atom is -0.367 e. The highest BCUT2D eigenvalue weighted by Crippen LogP contribution is 2.15. The topological polar surface area (TPSA) is 87.2 Å². The van der Waals surface area contributed by atoms with E-state index in [0.29, 0.717) is 5.82 Å². The van der Waals surface area contributed by atoms with Gasteiger partial charge in [-0.1, -0.05) is 17.7 Å². The molecule has 0 radical (unpaired) electrons. The van der Waals surface area contributed by atoms with Crippen molar-refractivity contribution in [2.45, 2.75) is 11.8 Å². The van der Waals surface area contributed by atoms with E-state index < -0.39 is 10.0 Å². The van der Waals surface area contributed by atoms with Gasteiger partial charge in [-0.25, -0.2) is 8.42 Å². The van der Waals surface area contributed by atoms with E-state index in [1.54, 1.807) is 36.4 Å². The highest BCUT2D eigenvalue weighted by atomic mass is 32.2. The van der Waals surface area contributed by atoms with E-state index in [0.717, 1.165) is 18.7 Å². The lowest BCUT2D eigenvalue weighted by Gasteiger charge is -2.11. The van der Waals surface area contributed by atoms with Crippen molar-refractivity contribution >= 4 is 21.7 Å². The zero-order valence-electron chi connectivity index (χ0n) is 13.4. The molecule has 2 rings (SSSR count). The van der Waals surface area contributed by atoms with Gasteiger partial charge in [-0.2, -0.15) is 0 Å². The number of rotatable bonds is 7. The summed E-state index contributed by atoms with van der Waals surface area (Å²) in [4.78, 5) is 2.24. The fourth-order valence-corrected chi connectivity index (χ4v) is 2.80. The van der Waals surface area contributed by atoms with Gasteiger partial charge in [0.1, 0.15) is 5.82 Å². The van der Waals surface area contributed by atoms with Crippen molar-refractivity contribution in [3.05, 3.63) is 42.0 Å². The largest absolute Gasteiger partial charge is 0.367 e. The van der Waals surface area contributed by atoms with Crippen molar-refractivity contribution in [1.29, 1.82) is 0 Å². The van der Waals surface area contributed by atoms with Gasteiger partial charge < -0.3 is 10.2 Å². The van der Waals surface area contributed by atoms with Crippen LogP contribution in [0.15, 0.2) is 41.3 Å². The van der Waals surface area contributed by atoms with E-state index in [1.807, 2.05) is 25.9 Å². The SMILES string of the molecule is Cc1ccc(S(=O)(=O)Nc2ccc(NCCN(C)C)nn2)cc1. The second-order valence-corrected chi connectivity index (χ2v) is 7.13. The molecule has 1 aromatic carbocycles. The molecule has 0 bridgehead atoms. The number of sulfonamides is 1. The Bertz CT molecular complexity index is 727. The summed E-state index contributed by atoms with van der Waals surface area (Å²) in [5.41, 5.74) is 0.997. The number of benzene rings is 1. The van der Waals surface area contributed by atoms with Crippen molar-refractivity contribution < 1.29 is 8.42 Å². The summed E-state index contributed by atoms with van der Waals surface area (Å²) in [6.45, 7) is 3.50. The second-order valence-electron chi connectivity index (χ2n) is 5.45. The third-order valence-corrected chi connectivity index (χ3v) is 4.47. The van der Waals surface area contributed by atoms with Crippen LogP contribution in [0.3, 0.4) is 0 Å². The van der Waals surface area contributed by atoms with Crippen LogP contribution in [-0.4, -0.2) is 50.7 Å². The fraction of sp³-hybridized carbons (Fsp3) is 0.333. The Balaban J connectivity index is 2.01. The Labute approximate surface area is 136 Å². The zero-order valence-corrected chi connectivity index (χ0v) is 14.3. The summed E-state index contributed by atoms with van der Waals surface area (Å²) >= 11 is 0. The fourth-order valence-electron chi connectivity index (χ4n) is 1.80. The Hall–Kier alpha value is -2.19. The molecule has 0 amide bonds. The maximum atomic E-state index is 12.2. The van der Waals surface area contributed by atoms with E-state index >= 15 is 0 Å². The summed E-state index contributed by atoms with van der Waals surface area (Å²) in [5, 5.41) is 11.0. The number of nitrogens with zero attached hydrogens (tertiary/aromatic N) is 3. The molecule has 1 aromatic heterocycles. The molecule has 0 aliphatic rings. The molecular formula is C15H21N5O2S. The van der Waals surface area contributed by atoms with Crippen molar-refractivity contribution in [2.75, 3.05) is 37.2 Å². The van der Waals surface area contributed by atoms with Gasteiger partial charge in [-0.3, -0.25) is 4.72 Å². The molecule has 0 spiro atoms. The number of likely N-dealkylation sites (N-methyl/N-ethyl adjacent to an activating group) is 1. The first-order valence-electron chi connectivity index (χ1n) is 7.19. The van der Waals surface area contributed by atoms with E-state index in [4.69, 9.17) is 0 Å². The number of hydrogen-bond acceptors (Lipinski definition) is 6. The molecular weight excluding hydrogens is 314 g/mol. The second kappa shape index (κ2) is 7.38. The van der Waals surface area contributed by atoms with Gasteiger partial charge in [-0.15, -0.1) is 10.2 Å². The molecule has 0 aliphatic heterocycles. The van der Waals surface area contributed by atoms with Crippen LogP contribution in [-0.2, 0) is 10.0 Å². The van der Waals surface area contributed by atoms with Crippen LogP contribution in [0.2, 0.25) is 0 Å². The quantitative estimate of drug-likeness (QED) is 0.798. The predicted octanol–water partition coefficient (Wildman–Crippen LogP) is 1.56. The van der Waals surface area contributed by atoms with Crippen LogP contribution in [0.4, 0.5) is 11.6 Å². The molecule has 1 heterocycles. The minimum absolute atomic E-state index is 0.184. The Morgan fingerprint density at radius 2 is 1.61 bits per heavy atom. The Morgan fingerprint density at radius 1 is 1.00 bits per heavy atom. The molecule has 7 nitrogen and oxygen atoms in total. The standard InChI is InChI=1S/C15H21N5O2S/c1-12-4-6-13(7-5-12)23(21,22)19-15-9-8-14(17-18-15)16-10-11-20(2)3/h4-9H,10-11H2,1-3H3,(H,16,17)(H,18,19). The number of aryl methyl sites for hydroxylation is 1. The highest BCUT2D eigenvalue weighted by Gasteiger charge is 2.14. The lowest BCUT2D eigenvalue weighted by atomic mass is 10.2. The van der Waals surface area contributed by atoms with Gasteiger partial charge in [0.15, 0.2) is 5.82 Å². The molecule has 0 fully saturated rings. The summed E-state index contributed by atoms with van der Waals surface area (Å²) in [5.74, 6) is 0.786. The van der Waals surface area contributed by atoms with Gasteiger partial charge in [0.05, 0.1) is 4.90 Å². The minimum atomic E-state index is -3.65. The summed E-state index contributed by atoms with van der Waals surface area (Å²) < 4.78 is 26.9. The van der Waals surface area contributed by atoms with Crippen molar-refractivity contribution in [3.8, 4) is 0 Å². The number of anilines is 2. The van der Waals surface area contributed by atoms with E-state index in [9.17, 15) is 8.42 Å². The van der Waals surface area contributed by atoms with Crippen molar-refractivity contribution in [1.82, 2.24) is 15.1 Å². The number of nitrogens with one attached hydrogen (secondary N) is 2. The first-order valence-corrected chi connectivity index (χ1v) is 8.67. The van der Waals surface area contributed by atoms with Crippen LogP contribution < -0.4 is 10.0 Å².